The van der Waals surface area contributed by atoms with Gasteiger partial charge in [0.15, 0.2) is 5.82 Å². The fourth-order valence-electron chi connectivity index (χ4n) is 2.21. The molecule has 3 rings (SSSR count). The van der Waals surface area contributed by atoms with Gasteiger partial charge in [-0.2, -0.15) is 5.10 Å². The van der Waals surface area contributed by atoms with Gasteiger partial charge in [0.05, 0.1) is 18.0 Å². The van der Waals surface area contributed by atoms with Crippen molar-refractivity contribution in [1.82, 2.24) is 20.2 Å². The lowest BCUT2D eigenvalue weighted by Gasteiger charge is -2.10. The molecule has 25 heavy (non-hydrogen) atoms. The van der Waals surface area contributed by atoms with Gasteiger partial charge in [-0.3, -0.25) is 5.10 Å². The second kappa shape index (κ2) is 7.96. The molecule has 0 amide bonds. The number of nitrogens with zero attached hydrogens (tertiary/aromatic N) is 3. The van der Waals surface area contributed by atoms with Crippen LogP contribution in [0.2, 0.25) is 5.02 Å². The van der Waals surface area contributed by atoms with E-state index >= 15 is 0 Å². The molecule has 8 heteroatoms. The molecule has 0 saturated heterocycles. The highest BCUT2D eigenvalue weighted by molar-refractivity contribution is 6.30. The highest BCUT2D eigenvalue weighted by atomic mass is 35.5. The molecule has 0 aliphatic carbocycles. The monoisotopic (exact) mass is 359 g/mol. The van der Waals surface area contributed by atoms with Gasteiger partial charge < -0.3 is 14.8 Å². The summed E-state index contributed by atoms with van der Waals surface area (Å²) in [6.07, 6.45) is 0. The van der Waals surface area contributed by atoms with Crippen molar-refractivity contribution in [2.75, 3.05) is 12.4 Å². The Labute approximate surface area is 150 Å². The van der Waals surface area contributed by atoms with Gasteiger partial charge in [0.1, 0.15) is 24.0 Å². The van der Waals surface area contributed by atoms with Gasteiger partial charge in [0.25, 0.3) is 0 Å². The number of aryl methyl sites for hydroxylation is 1. The zero-order chi connectivity index (χ0) is 17.6. The largest absolute Gasteiger partial charge is 0.486 e. The van der Waals surface area contributed by atoms with Crippen molar-refractivity contribution < 1.29 is 9.47 Å². The molecule has 0 radical (unpaired) electrons. The molecule has 0 aliphatic rings. The van der Waals surface area contributed by atoms with Crippen LogP contribution in [0.5, 0.6) is 5.75 Å². The van der Waals surface area contributed by atoms with E-state index in [-0.39, 0.29) is 6.61 Å². The Bertz CT molecular complexity index is 835. The first kappa shape index (κ1) is 17.2. The van der Waals surface area contributed by atoms with E-state index in [1.807, 2.05) is 19.1 Å². The second-order valence-electron chi connectivity index (χ2n) is 5.38. The number of nitrogens with one attached hydrogen (secondary N) is 2. The summed E-state index contributed by atoms with van der Waals surface area (Å²) in [6, 6.07) is 10.9. The maximum absolute atomic E-state index is 5.87. The molecule has 130 valence electrons. The summed E-state index contributed by atoms with van der Waals surface area (Å²) in [5, 5.41) is 10.8. The first-order valence-electron chi connectivity index (χ1n) is 7.65. The molecular weight excluding hydrogens is 342 g/mol. The van der Waals surface area contributed by atoms with Crippen LogP contribution in [0.25, 0.3) is 0 Å². The maximum Gasteiger partial charge on any atom is 0.168 e. The molecule has 2 N–H and O–H groups in total. The average molecular weight is 360 g/mol. The lowest BCUT2D eigenvalue weighted by atomic mass is 10.3. The number of hydrogen-bond donors (Lipinski definition) is 2. The van der Waals surface area contributed by atoms with Gasteiger partial charge >= 0.3 is 0 Å². The normalized spacial score (nSPS) is 10.7. The number of aromatic amines is 1. The van der Waals surface area contributed by atoms with Gasteiger partial charge in [-0.25, -0.2) is 9.97 Å². The zero-order valence-electron chi connectivity index (χ0n) is 13.9. The predicted octanol–water partition coefficient (Wildman–Crippen LogP) is 3.63. The highest BCUT2D eigenvalue weighted by Gasteiger charge is 2.07. The second-order valence-corrected chi connectivity index (χ2v) is 5.82. The van der Waals surface area contributed by atoms with Crippen LogP contribution >= 0.6 is 11.6 Å². The average Bonchev–Trinajstić information content (AvgIpc) is 2.99. The Kier molecular flexibility index (Phi) is 5.47. The highest BCUT2D eigenvalue weighted by Crippen LogP contribution is 2.18. The number of ether oxygens (including phenoxy) is 2. The molecule has 0 saturated carbocycles. The molecule has 7 nitrogen and oxygen atoms in total. The molecule has 2 heterocycles. The van der Waals surface area contributed by atoms with Crippen LogP contribution in [0.15, 0.2) is 36.4 Å². The van der Waals surface area contributed by atoms with Crippen molar-refractivity contribution in [2.45, 2.75) is 20.1 Å². The van der Waals surface area contributed by atoms with Crippen molar-refractivity contribution >= 4 is 23.2 Å². The van der Waals surface area contributed by atoms with E-state index in [0.29, 0.717) is 29.0 Å². The lowest BCUT2D eigenvalue weighted by molar-refractivity contribution is 0.180. The van der Waals surface area contributed by atoms with Crippen molar-refractivity contribution in [1.29, 1.82) is 0 Å². The van der Waals surface area contributed by atoms with E-state index in [1.165, 1.54) is 0 Å². The van der Waals surface area contributed by atoms with Gasteiger partial charge in [-0.05, 0) is 31.2 Å². The van der Waals surface area contributed by atoms with Crippen LogP contribution < -0.4 is 10.1 Å². The SMILES string of the molecule is COCc1cc(Nc2cc(C)n[nH]2)nc(COc2ccc(Cl)cc2)n1. The molecular formula is C17H18ClN5O2. The third-order valence-corrected chi connectivity index (χ3v) is 3.52. The molecule has 0 fully saturated rings. The molecule has 2 aromatic heterocycles. The van der Waals surface area contributed by atoms with E-state index < -0.39 is 0 Å². The standard InChI is InChI=1S/C17H18ClN5O2/c1-11-7-16(23-22-11)20-15-8-13(9-24-2)19-17(21-15)10-25-14-5-3-12(18)4-6-14/h3-8H,9-10H2,1-2H3,(H2,19,20,21,22,23). The van der Waals surface area contributed by atoms with Crippen LogP contribution in [0.1, 0.15) is 17.2 Å². The number of anilines is 2. The molecule has 0 bridgehead atoms. The number of H-pyrrole nitrogens is 1. The lowest BCUT2D eigenvalue weighted by Crippen LogP contribution is -2.07. The minimum Gasteiger partial charge on any atom is -0.486 e. The molecule has 0 unspecified atom stereocenters. The molecule has 1 aromatic carbocycles. The van der Waals surface area contributed by atoms with Crippen LogP contribution in [0.4, 0.5) is 11.6 Å². The minimum absolute atomic E-state index is 0.232. The van der Waals surface area contributed by atoms with Gasteiger partial charge in [0, 0.05) is 24.3 Å². The number of aromatic nitrogens is 4. The molecule has 3 aromatic rings. The van der Waals surface area contributed by atoms with Crippen LogP contribution in [-0.4, -0.2) is 27.3 Å². The predicted molar refractivity (Wildman–Crippen MR) is 95.1 cm³/mol. The smallest absolute Gasteiger partial charge is 0.168 e. The molecule has 0 spiro atoms. The van der Waals surface area contributed by atoms with E-state index in [1.54, 1.807) is 31.4 Å². The number of hydrogen-bond acceptors (Lipinski definition) is 6. The number of rotatable bonds is 7. The summed E-state index contributed by atoms with van der Waals surface area (Å²) in [6.45, 7) is 2.52. The van der Waals surface area contributed by atoms with Gasteiger partial charge in [-0.1, -0.05) is 11.6 Å². The summed E-state index contributed by atoms with van der Waals surface area (Å²) < 4.78 is 10.9. The van der Waals surface area contributed by atoms with Crippen molar-refractivity contribution in [3.8, 4) is 5.75 Å². The summed E-state index contributed by atoms with van der Waals surface area (Å²) >= 11 is 5.87. The first-order chi connectivity index (χ1) is 12.1. The van der Waals surface area contributed by atoms with Gasteiger partial charge in [0.2, 0.25) is 0 Å². The Morgan fingerprint density at radius 1 is 1.12 bits per heavy atom. The Hall–Kier alpha value is -2.64. The van der Waals surface area contributed by atoms with E-state index in [4.69, 9.17) is 21.1 Å². The fraction of sp³-hybridized carbons (Fsp3) is 0.235. The number of halogens is 1. The Morgan fingerprint density at radius 3 is 2.60 bits per heavy atom. The van der Waals surface area contributed by atoms with Crippen LogP contribution in [-0.2, 0) is 18.0 Å². The van der Waals surface area contributed by atoms with Crippen molar-refractivity contribution in [3.05, 3.63) is 58.6 Å². The summed E-state index contributed by atoms with van der Waals surface area (Å²) in [5.41, 5.74) is 1.64. The molecule has 0 aliphatic heterocycles. The number of benzene rings is 1. The van der Waals surface area contributed by atoms with E-state index in [0.717, 1.165) is 17.2 Å². The maximum atomic E-state index is 5.87. The minimum atomic E-state index is 0.232. The quantitative estimate of drug-likeness (QED) is 0.670. The van der Waals surface area contributed by atoms with Gasteiger partial charge in [-0.15, -0.1) is 0 Å². The van der Waals surface area contributed by atoms with E-state index in [2.05, 4.69) is 25.5 Å². The zero-order valence-corrected chi connectivity index (χ0v) is 14.7. The molecule has 0 atom stereocenters. The third kappa shape index (κ3) is 4.91. The topological polar surface area (TPSA) is 85.0 Å². The summed E-state index contributed by atoms with van der Waals surface area (Å²) in [7, 11) is 1.62. The van der Waals surface area contributed by atoms with Crippen molar-refractivity contribution in [3.63, 3.8) is 0 Å². The Balaban J connectivity index is 1.76. The fourth-order valence-corrected chi connectivity index (χ4v) is 2.33. The van der Waals surface area contributed by atoms with Crippen LogP contribution in [0, 0.1) is 6.92 Å². The number of methoxy groups -OCH3 is 1. The summed E-state index contributed by atoms with van der Waals surface area (Å²) in [5.74, 6) is 2.64. The van der Waals surface area contributed by atoms with Crippen LogP contribution in [0.3, 0.4) is 0 Å². The first-order valence-corrected chi connectivity index (χ1v) is 8.03. The Morgan fingerprint density at radius 2 is 1.92 bits per heavy atom. The van der Waals surface area contributed by atoms with E-state index in [9.17, 15) is 0 Å². The van der Waals surface area contributed by atoms with Crippen molar-refractivity contribution in [2.24, 2.45) is 0 Å². The summed E-state index contributed by atoms with van der Waals surface area (Å²) in [4.78, 5) is 8.93. The third-order valence-electron chi connectivity index (χ3n) is 3.27.